The second-order valence-electron chi connectivity index (χ2n) is 5.21. The molecule has 6 heteroatoms. The van der Waals surface area contributed by atoms with Gasteiger partial charge in [-0.05, 0) is 42.7 Å². The molecule has 25 heavy (non-hydrogen) atoms. The number of nitro groups is 1. The monoisotopic (exact) mass is 343 g/mol. The molecule has 2 aromatic rings. The van der Waals surface area contributed by atoms with Gasteiger partial charge in [0, 0.05) is 6.07 Å². The Balaban J connectivity index is 2.14. The van der Waals surface area contributed by atoms with Crippen LogP contribution in [0.1, 0.15) is 18.1 Å². The van der Waals surface area contributed by atoms with Crippen molar-refractivity contribution < 1.29 is 19.1 Å². The van der Waals surface area contributed by atoms with E-state index in [1.807, 2.05) is 37.3 Å². The van der Waals surface area contributed by atoms with E-state index in [9.17, 15) is 10.1 Å². The maximum atomic E-state index is 11.1. The van der Waals surface area contributed by atoms with Crippen molar-refractivity contribution in [1.29, 1.82) is 0 Å². The van der Waals surface area contributed by atoms with Gasteiger partial charge >= 0.3 is 5.69 Å². The van der Waals surface area contributed by atoms with Gasteiger partial charge in [-0.3, -0.25) is 10.1 Å². The third kappa shape index (κ3) is 4.73. The maximum Gasteiger partial charge on any atom is 0.311 e. The van der Waals surface area contributed by atoms with E-state index in [0.29, 0.717) is 24.5 Å². The molecule has 0 unspecified atom stereocenters. The lowest BCUT2D eigenvalue weighted by atomic mass is 10.1. The second kappa shape index (κ2) is 8.73. The topological polar surface area (TPSA) is 70.8 Å². The molecule has 0 aliphatic rings. The van der Waals surface area contributed by atoms with E-state index in [4.69, 9.17) is 14.2 Å². The molecule has 0 bridgehead atoms. The molecule has 0 fully saturated rings. The van der Waals surface area contributed by atoms with Gasteiger partial charge in [-0.15, -0.1) is 0 Å². The number of nitro benzene ring substituents is 1. The standard InChI is InChI=1S/C19H21NO5/c1-4-25-19-13-15(9-11-18(19)24-3)7-5-6-14-8-10-17(23-2)16(12-14)20(21)22/h5-6,8-13H,4,7H2,1-3H3. The van der Waals surface area contributed by atoms with Gasteiger partial charge in [0.05, 0.1) is 25.7 Å². The molecule has 0 spiro atoms. The largest absolute Gasteiger partial charge is 0.493 e. The molecular formula is C19H21NO5. The molecule has 0 radical (unpaired) electrons. The molecule has 0 aliphatic carbocycles. The molecule has 2 aromatic carbocycles. The molecule has 0 atom stereocenters. The van der Waals surface area contributed by atoms with E-state index in [2.05, 4.69) is 0 Å². The predicted molar refractivity (Wildman–Crippen MR) is 96.5 cm³/mol. The van der Waals surface area contributed by atoms with Crippen LogP contribution in [0.3, 0.4) is 0 Å². The lowest BCUT2D eigenvalue weighted by Crippen LogP contribution is -1.96. The van der Waals surface area contributed by atoms with Crippen molar-refractivity contribution in [3.63, 3.8) is 0 Å². The van der Waals surface area contributed by atoms with Crippen molar-refractivity contribution in [2.75, 3.05) is 20.8 Å². The molecule has 0 heterocycles. The number of nitrogens with zero attached hydrogens (tertiary/aromatic N) is 1. The minimum Gasteiger partial charge on any atom is -0.493 e. The molecule has 0 saturated heterocycles. The average Bonchev–Trinajstić information content (AvgIpc) is 2.62. The first-order valence-electron chi connectivity index (χ1n) is 7.87. The molecule has 6 nitrogen and oxygen atoms in total. The van der Waals surface area contributed by atoms with Crippen LogP contribution in [0.4, 0.5) is 5.69 Å². The van der Waals surface area contributed by atoms with E-state index >= 15 is 0 Å². The van der Waals surface area contributed by atoms with Crippen LogP contribution < -0.4 is 14.2 Å². The van der Waals surface area contributed by atoms with Crippen LogP contribution in [0.25, 0.3) is 6.08 Å². The highest BCUT2D eigenvalue weighted by atomic mass is 16.6. The van der Waals surface area contributed by atoms with Crippen molar-refractivity contribution >= 4 is 11.8 Å². The predicted octanol–water partition coefficient (Wildman–Crippen LogP) is 4.27. The minimum atomic E-state index is -0.450. The summed E-state index contributed by atoms with van der Waals surface area (Å²) in [6.45, 7) is 2.48. The van der Waals surface area contributed by atoms with Crippen LogP contribution in [0.15, 0.2) is 42.5 Å². The first-order valence-corrected chi connectivity index (χ1v) is 7.87. The van der Waals surface area contributed by atoms with Crippen molar-refractivity contribution in [3.8, 4) is 17.2 Å². The first-order chi connectivity index (χ1) is 12.1. The summed E-state index contributed by atoms with van der Waals surface area (Å²) in [4.78, 5) is 10.6. The summed E-state index contributed by atoms with van der Waals surface area (Å²) in [6.07, 6.45) is 4.46. The summed E-state index contributed by atoms with van der Waals surface area (Å²) in [5.41, 5.74) is 1.75. The first kappa shape index (κ1) is 18.3. The lowest BCUT2D eigenvalue weighted by Gasteiger charge is -2.10. The van der Waals surface area contributed by atoms with Gasteiger partial charge in [0.1, 0.15) is 0 Å². The minimum absolute atomic E-state index is 0.0484. The van der Waals surface area contributed by atoms with Crippen molar-refractivity contribution in [2.24, 2.45) is 0 Å². The van der Waals surface area contributed by atoms with Gasteiger partial charge in [-0.1, -0.05) is 24.3 Å². The van der Waals surface area contributed by atoms with Gasteiger partial charge in [0.15, 0.2) is 17.2 Å². The van der Waals surface area contributed by atoms with Gasteiger partial charge in [-0.25, -0.2) is 0 Å². The molecule has 0 amide bonds. The van der Waals surface area contributed by atoms with Gasteiger partial charge in [-0.2, -0.15) is 0 Å². The van der Waals surface area contributed by atoms with Crippen LogP contribution >= 0.6 is 0 Å². The number of ether oxygens (including phenoxy) is 3. The fourth-order valence-electron chi connectivity index (χ4n) is 2.40. The molecule has 0 saturated carbocycles. The fourth-order valence-corrected chi connectivity index (χ4v) is 2.40. The average molecular weight is 343 g/mol. The molecule has 2 rings (SSSR count). The highest BCUT2D eigenvalue weighted by molar-refractivity contribution is 5.59. The second-order valence-corrected chi connectivity index (χ2v) is 5.21. The molecule has 0 aromatic heterocycles. The fraction of sp³-hybridized carbons (Fsp3) is 0.263. The van der Waals surface area contributed by atoms with Crippen LogP contribution in [-0.2, 0) is 6.42 Å². The van der Waals surface area contributed by atoms with Gasteiger partial charge in [0.2, 0.25) is 0 Å². The summed E-state index contributed by atoms with van der Waals surface area (Å²) in [6, 6.07) is 10.6. The SMILES string of the molecule is CCOc1cc(CC=Cc2ccc(OC)c([N+](=O)[O-])c2)ccc1OC. The van der Waals surface area contributed by atoms with Crippen LogP contribution in [0.5, 0.6) is 17.2 Å². The van der Waals surface area contributed by atoms with Crippen LogP contribution in [0, 0.1) is 10.1 Å². The summed E-state index contributed by atoms with van der Waals surface area (Å²) in [7, 11) is 3.02. The van der Waals surface area contributed by atoms with E-state index < -0.39 is 4.92 Å². The Morgan fingerprint density at radius 3 is 2.40 bits per heavy atom. The Morgan fingerprint density at radius 2 is 1.76 bits per heavy atom. The van der Waals surface area contributed by atoms with Gasteiger partial charge in [0.25, 0.3) is 0 Å². The number of methoxy groups -OCH3 is 2. The van der Waals surface area contributed by atoms with Crippen molar-refractivity contribution in [3.05, 3.63) is 63.7 Å². The number of hydrogen-bond donors (Lipinski definition) is 0. The Hall–Kier alpha value is -3.02. The molecular weight excluding hydrogens is 322 g/mol. The summed E-state index contributed by atoms with van der Waals surface area (Å²) < 4.78 is 15.8. The summed E-state index contributed by atoms with van der Waals surface area (Å²) in [5, 5.41) is 11.1. The highest BCUT2D eigenvalue weighted by Gasteiger charge is 2.14. The molecule has 132 valence electrons. The van der Waals surface area contributed by atoms with Crippen LogP contribution in [0.2, 0.25) is 0 Å². The van der Waals surface area contributed by atoms with Crippen molar-refractivity contribution in [2.45, 2.75) is 13.3 Å². The number of rotatable bonds is 8. The number of benzene rings is 2. The zero-order chi connectivity index (χ0) is 18.2. The van der Waals surface area contributed by atoms with Gasteiger partial charge < -0.3 is 14.2 Å². The Bertz CT molecular complexity index is 770. The summed E-state index contributed by atoms with van der Waals surface area (Å²) in [5.74, 6) is 1.65. The van der Waals surface area contributed by atoms with Crippen LogP contribution in [-0.4, -0.2) is 25.7 Å². The summed E-state index contributed by atoms with van der Waals surface area (Å²) >= 11 is 0. The third-order valence-corrected chi connectivity index (χ3v) is 3.59. The Morgan fingerprint density at radius 1 is 1.04 bits per heavy atom. The molecule has 0 N–H and O–H groups in total. The number of allylic oxidation sites excluding steroid dienone is 1. The van der Waals surface area contributed by atoms with E-state index in [-0.39, 0.29) is 11.4 Å². The van der Waals surface area contributed by atoms with E-state index in [0.717, 1.165) is 11.1 Å². The lowest BCUT2D eigenvalue weighted by molar-refractivity contribution is -0.385. The normalized spacial score (nSPS) is 10.7. The maximum absolute atomic E-state index is 11.1. The third-order valence-electron chi connectivity index (χ3n) is 3.59. The van der Waals surface area contributed by atoms with E-state index in [1.165, 1.54) is 13.2 Å². The number of hydrogen-bond acceptors (Lipinski definition) is 5. The molecule has 0 aliphatic heterocycles. The zero-order valence-corrected chi connectivity index (χ0v) is 14.5. The van der Waals surface area contributed by atoms with E-state index in [1.54, 1.807) is 19.2 Å². The Kier molecular flexibility index (Phi) is 6.39. The highest BCUT2D eigenvalue weighted by Crippen LogP contribution is 2.29. The smallest absolute Gasteiger partial charge is 0.311 e. The Labute approximate surface area is 146 Å². The quantitative estimate of drug-likeness (QED) is 0.529. The zero-order valence-electron chi connectivity index (χ0n) is 14.5. The van der Waals surface area contributed by atoms with Crippen molar-refractivity contribution in [1.82, 2.24) is 0 Å².